The van der Waals surface area contributed by atoms with Gasteiger partial charge in [0.25, 0.3) is 0 Å². The minimum atomic E-state index is 0.121. The first-order chi connectivity index (χ1) is 10.1. The van der Waals surface area contributed by atoms with Crippen molar-refractivity contribution in [1.29, 1.82) is 0 Å². The number of aryl methyl sites for hydroxylation is 2. The van der Waals surface area contributed by atoms with E-state index in [1.54, 1.807) is 0 Å². The van der Waals surface area contributed by atoms with Crippen LogP contribution in [0.1, 0.15) is 40.8 Å². The van der Waals surface area contributed by atoms with E-state index in [9.17, 15) is 0 Å². The lowest BCUT2D eigenvalue weighted by molar-refractivity contribution is 0.485. The quantitative estimate of drug-likeness (QED) is 0.885. The highest BCUT2D eigenvalue weighted by atomic mass is 15.1. The van der Waals surface area contributed by atoms with Crippen LogP contribution in [0.4, 0.5) is 0 Å². The normalized spacial score (nSPS) is 21.5. The molecule has 21 heavy (non-hydrogen) atoms. The molecule has 2 aromatic rings. The third-order valence-corrected chi connectivity index (χ3v) is 4.07. The highest BCUT2D eigenvalue weighted by Crippen LogP contribution is 2.33. The average molecular weight is 279 g/mol. The van der Waals surface area contributed by atoms with Crippen LogP contribution in [0, 0.1) is 13.8 Å². The molecule has 3 rings (SSSR count). The van der Waals surface area contributed by atoms with Gasteiger partial charge in [0.1, 0.15) is 0 Å². The van der Waals surface area contributed by atoms with Gasteiger partial charge in [-0.1, -0.05) is 54.1 Å². The number of nitrogens with one attached hydrogen (secondary N) is 1. The van der Waals surface area contributed by atoms with Gasteiger partial charge in [0.15, 0.2) is 5.96 Å². The summed E-state index contributed by atoms with van der Waals surface area (Å²) in [6, 6.07) is 17.3. The molecule has 0 saturated carbocycles. The molecule has 0 saturated heterocycles. The molecule has 0 aromatic heterocycles. The molecule has 3 nitrogen and oxygen atoms in total. The molecule has 0 radical (unpaired) electrons. The van der Waals surface area contributed by atoms with Gasteiger partial charge in [-0.2, -0.15) is 0 Å². The van der Waals surface area contributed by atoms with Crippen molar-refractivity contribution in [2.24, 2.45) is 10.7 Å². The van der Waals surface area contributed by atoms with Crippen molar-refractivity contribution in [3.63, 3.8) is 0 Å². The van der Waals surface area contributed by atoms with Crippen LogP contribution in [-0.2, 0) is 0 Å². The Balaban J connectivity index is 1.92. The van der Waals surface area contributed by atoms with Crippen molar-refractivity contribution in [3.05, 3.63) is 70.8 Å². The van der Waals surface area contributed by atoms with E-state index in [2.05, 4.69) is 72.7 Å². The summed E-state index contributed by atoms with van der Waals surface area (Å²) in [7, 11) is 0. The van der Waals surface area contributed by atoms with Crippen LogP contribution >= 0.6 is 0 Å². The minimum absolute atomic E-state index is 0.121. The number of benzene rings is 2. The van der Waals surface area contributed by atoms with Gasteiger partial charge in [0.05, 0.1) is 12.1 Å². The predicted octanol–water partition coefficient (Wildman–Crippen LogP) is 3.39. The molecule has 1 aliphatic rings. The zero-order chi connectivity index (χ0) is 14.8. The van der Waals surface area contributed by atoms with Crippen molar-refractivity contribution in [2.75, 3.05) is 0 Å². The first-order valence-corrected chi connectivity index (χ1v) is 7.35. The van der Waals surface area contributed by atoms with Gasteiger partial charge in [0, 0.05) is 0 Å². The SMILES string of the molecule is Cc1cccc(C2CC(c3ccccc3C)NC(N)=N2)c1. The van der Waals surface area contributed by atoms with Crippen molar-refractivity contribution in [3.8, 4) is 0 Å². The third-order valence-electron chi connectivity index (χ3n) is 4.07. The minimum Gasteiger partial charge on any atom is -0.370 e. The molecule has 1 aliphatic heterocycles. The number of rotatable bonds is 2. The van der Waals surface area contributed by atoms with Gasteiger partial charge >= 0.3 is 0 Å². The second-order valence-corrected chi connectivity index (χ2v) is 5.73. The Morgan fingerprint density at radius 3 is 2.67 bits per heavy atom. The fourth-order valence-electron chi connectivity index (χ4n) is 2.99. The van der Waals surface area contributed by atoms with E-state index < -0.39 is 0 Å². The Bertz CT molecular complexity index is 676. The third kappa shape index (κ3) is 2.92. The van der Waals surface area contributed by atoms with Gasteiger partial charge in [0.2, 0.25) is 0 Å². The number of nitrogens with zero attached hydrogens (tertiary/aromatic N) is 1. The largest absolute Gasteiger partial charge is 0.370 e. The molecule has 0 aliphatic carbocycles. The van der Waals surface area contributed by atoms with Crippen LogP contribution in [0.2, 0.25) is 0 Å². The van der Waals surface area contributed by atoms with Crippen molar-refractivity contribution < 1.29 is 0 Å². The summed E-state index contributed by atoms with van der Waals surface area (Å²) >= 11 is 0. The maximum absolute atomic E-state index is 6.02. The van der Waals surface area contributed by atoms with Crippen LogP contribution in [0.15, 0.2) is 53.5 Å². The molecule has 2 aromatic carbocycles. The highest BCUT2D eigenvalue weighted by molar-refractivity contribution is 5.79. The highest BCUT2D eigenvalue weighted by Gasteiger charge is 2.25. The number of hydrogen-bond donors (Lipinski definition) is 2. The first kappa shape index (κ1) is 13.7. The van der Waals surface area contributed by atoms with E-state index in [1.807, 2.05) is 0 Å². The lowest BCUT2D eigenvalue weighted by Gasteiger charge is -2.29. The number of hydrogen-bond acceptors (Lipinski definition) is 3. The summed E-state index contributed by atoms with van der Waals surface area (Å²) in [5.41, 5.74) is 11.1. The lowest BCUT2D eigenvalue weighted by Crippen LogP contribution is -2.39. The Labute approximate surface area is 125 Å². The van der Waals surface area contributed by atoms with Crippen molar-refractivity contribution >= 4 is 5.96 Å². The summed E-state index contributed by atoms with van der Waals surface area (Å²) in [5.74, 6) is 0.529. The fourth-order valence-corrected chi connectivity index (χ4v) is 2.99. The lowest BCUT2D eigenvalue weighted by atomic mass is 9.91. The molecule has 0 fully saturated rings. The summed E-state index contributed by atoms with van der Waals surface area (Å²) in [4.78, 5) is 4.58. The average Bonchev–Trinajstić information content (AvgIpc) is 2.47. The standard InChI is InChI=1S/C18H21N3/c1-12-6-5-8-14(10-12)16-11-17(21-18(19)20-16)15-9-4-3-7-13(15)2/h3-10,16-17H,11H2,1-2H3,(H3,19,20,21). The second kappa shape index (κ2) is 5.60. The Morgan fingerprint density at radius 1 is 1.10 bits per heavy atom. The van der Waals surface area contributed by atoms with Crippen LogP contribution < -0.4 is 11.1 Å². The number of aliphatic imine (C=N–C) groups is 1. The van der Waals surface area contributed by atoms with Crippen molar-refractivity contribution in [2.45, 2.75) is 32.4 Å². The predicted molar refractivity (Wildman–Crippen MR) is 87.2 cm³/mol. The van der Waals surface area contributed by atoms with Crippen LogP contribution in [0.3, 0.4) is 0 Å². The maximum atomic E-state index is 6.02. The molecular formula is C18H21N3. The van der Waals surface area contributed by atoms with Crippen molar-refractivity contribution in [1.82, 2.24) is 5.32 Å². The molecule has 0 spiro atoms. The summed E-state index contributed by atoms with van der Waals surface area (Å²) in [6.45, 7) is 4.25. The molecule has 2 unspecified atom stereocenters. The smallest absolute Gasteiger partial charge is 0.189 e. The molecule has 2 atom stereocenters. The molecule has 3 heteroatoms. The van der Waals surface area contributed by atoms with Gasteiger partial charge in [-0.3, -0.25) is 0 Å². The second-order valence-electron chi connectivity index (χ2n) is 5.73. The van der Waals surface area contributed by atoms with Crippen LogP contribution in [0.25, 0.3) is 0 Å². The number of guanidine groups is 1. The van der Waals surface area contributed by atoms with Gasteiger partial charge in [-0.25, -0.2) is 4.99 Å². The summed E-state index contributed by atoms with van der Waals surface area (Å²) in [5, 5.41) is 3.32. The maximum Gasteiger partial charge on any atom is 0.189 e. The Hall–Kier alpha value is -2.29. The van der Waals surface area contributed by atoms with Gasteiger partial charge in [-0.05, 0) is 37.0 Å². The zero-order valence-electron chi connectivity index (χ0n) is 12.5. The summed E-state index contributed by atoms with van der Waals surface area (Å²) in [6.07, 6.45) is 0.926. The fraction of sp³-hybridized carbons (Fsp3) is 0.278. The summed E-state index contributed by atoms with van der Waals surface area (Å²) < 4.78 is 0. The van der Waals surface area contributed by atoms with Gasteiger partial charge in [-0.15, -0.1) is 0 Å². The molecule has 0 bridgehead atoms. The Morgan fingerprint density at radius 2 is 1.90 bits per heavy atom. The van der Waals surface area contributed by atoms with E-state index in [-0.39, 0.29) is 12.1 Å². The molecule has 3 N–H and O–H groups in total. The van der Waals surface area contributed by atoms with Crippen LogP contribution in [-0.4, -0.2) is 5.96 Å². The molecule has 1 heterocycles. The molecule has 0 amide bonds. The monoisotopic (exact) mass is 279 g/mol. The van der Waals surface area contributed by atoms with Crippen LogP contribution in [0.5, 0.6) is 0 Å². The van der Waals surface area contributed by atoms with E-state index in [0.717, 1.165) is 6.42 Å². The topological polar surface area (TPSA) is 50.4 Å². The zero-order valence-corrected chi connectivity index (χ0v) is 12.5. The van der Waals surface area contributed by atoms with E-state index in [4.69, 9.17) is 5.73 Å². The van der Waals surface area contributed by atoms with E-state index in [1.165, 1.54) is 22.3 Å². The Kier molecular flexibility index (Phi) is 3.65. The van der Waals surface area contributed by atoms with Gasteiger partial charge < -0.3 is 11.1 Å². The first-order valence-electron chi connectivity index (χ1n) is 7.35. The van der Waals surface area contributed by atoms with E-state index in [0.29, 0.717) is 5.96 Å². The van der Waals surface area contributed by atoms with E-state index >= 15 is 0 Å². The molecular weight excluding hydrogens is 258 g/mol. The number of nitrogens with two attached hydrogens (primary N) is 1. The molecule has 108 valence electrons.